The first kappa shape index (κ1) is 8.83. The Morgan fingerprint density at radius 2 is 2.00 bits per heavy atom. The predicted octanol–water partition coefficient (Wildman–Crippen LogP) is 3.63. The first-order valence-corrected chi connectivity index (χ1v) is 4.92. The molecule has 1 aliphatic rings. The van der Waals surface area contributed by atoms with Crippen LogP contribution in [0.3, 0.4) is 0 Å². The Labute approximate surface area is 70.7 Å². The lowest BCUT2D eigenvalue weighted by molar-refractivity contribution is 0.370. The van der Waals surface area contributed by atoms with Gasteiger partial charge in [0.1, 0.15) is 0 Å². The number of allylic oxidation sites excluding steroid dienone is 2. The topological polar surface area (TPSA) is 0 Å². The van der Waals surface area contributed by atoms with Crippen LogP contribution in [0.2, 0.25) is 0 Å². The van der Waals surface area contributed by atoms with Gasteiger partial charge in [0.2, 0.25) is 0 Å². The van der Waals surface area contributed by atoms with E-state index in [-0.39, 0.29) is 0 Å². The van der Waals surface area contributed by atoms with Crippen molar-refractivity contribution in [3.8, 4) is 0 Å². The van der Waals surface area contributed by atoms with Crippen molar-refractivity contribution < 1.29 is 0 Å². The highest BCUT2D eigenvalue weighted by Crippen LogP contribution is 2.28. The minimum atomic E-state index is 0.837. The molecule has 11 heavy (non-hydrogen) atoms. The summed E-state index contributed by atoms with van der Waals surface area (Å²) in [6.45, 7) is 6.92. The second-order valence-electron chi connectivity index (χ2n) is 4.04. The van der Waals surface area contributed by atoms with E-state index in [1.807, 2.05) is 0 Å². The van der Waals surface area contributed by atoms with Gasteiger partial charge in [-0.05, 0) is 37.0 Å². The number of rotatable bonds is 2. The summed E-state index contributed by atoms with van der Waals surface area (Å²) in [5.74, 6) is 2.58. The molecule has 0 N–H and O–H groups in total. The van der Waals surface area contributed by atoms with Gasteiger partial charge in [0.05, 0.1) is 0 Å². The molecule has 0 aromatic heterocycles. The molecule has 2 atom stereocenters. The molecule has 0 nitrogen and oxygen atoms in total. The zero-order valence-electron chi connectivity index (χ0n) is 8.01. The molecule has 0 aromatic carbocycles. The molecule has 0 fully saturated rings. The summed E-state index contributed by atoms with van der Waals surface area (Å²) in [5.41, 5.74) is 0. The van der Waals surface area contributed by atoms with Crippen molar-refractivity contribution in [2.45, 2.75) is 40.0 Å². The van der Waals surface area contributed by atoms with Crippen molar-refractivity contribution in [2.75, 3.05) is 0 Å². The van der Waals surface area contributed by atoms with E-state index in [1.165, 1.54) is 19.3 Å². The molecule has 1 rings (SSSR count). The van der Waals surface area contributed by atoms with Crippen molar-refractivity contribution in [2.24, 2.45) is 17.8 Å². The second-order valence-corrected chi connectivity index (χ2v) is 4.04. The SMILES string of the molecule is CCC1C=CC(C(C)C)CC1. The van der Waals surface area contributed by atoms with Gasteiger partial charge in [-0.25, -0.2) is 0 Å². The first-order chi connectivity index (χ1) is 5.24. The Hall–Kier alpha value is -0.260. The molecule has 0 aliphatic heterocycles. The van der Waals surface area contributed by atoms with E-state index >= 15 is 0 Å². The van der Waals surface area contributed by atoms with Gasteiger partial charge in [-0.1, -0.05) is 32.9 Å². The fourth-order valence-corrected chi connectivity index (χ4v) is 1.79. The maximum Gasteiger partial charge on any atom is -0.0210 e. The van der Waals surface area contributed by atoms with Crippen LogP contribution in [0.15, 0.2) is 12.2 Å². The Kier molecular flexibility index (Phi) is 3.16. The molecule has 0 aromatic rings. The van der Waals surface area contributed by atoms with Gasteiger partial charge < -0.3 is 0 Å². The van der Waals surface area contributed by atoms with E-state index in [1.54, 1.807) is 0 Å². The molecule has 0 saturated carbocycles. The van der Waals surface area contributed by atoms with Gasteiger partial charge in [0, 0.05) is 0 Å². The van der Waals surface area contributed by atoms with Crippen LogP contribution >= 0.6 is 0 Å². The minimum absolute atomic E-state index is 0.837. The lowest BCUT2D eigenvalue weighted by atomic mass is 9.82. The van der Waals surface area contributed by atoms with Crippen LogP contribution in [0.4, 0.5) is 0 Å². The van der Waals surface area contributed by atoms with Crippen molar-refractivity contribution >= 4 is 0 Å². The van der Waals surface area contributed by atoms with Crippen LogP contribution in [-0.2, 0) is 0 Å². The molecule has 0 heteroatoms. The molecule has 1 aliphatic carbocycles. The van der Waals surface area contributed by atoms with Crippen LogP contribution in [0.25, 0.3) is 0 Å². The second kappa shape index (κ2) is 3.94. The number of hydrogen-bond acceptors (Lipinski definition) is 0. The third kappa shape index (κ3) is 2.36. The first-order valence-electron chi connectivity index (χ1n) is 4.92. The van der Waals surface area contributed by atoms with Gasteiger partial charge in [0.15, 0.2) is 0 Å². The van der Waals surface area contributed by atoms with Gasteiger partial charge in [-0.2, -0.15) is 0 Å². The van der Waals surface area contributed by atoms with Crippen molar-refractivity contribution in [3.63, 3.8) is 0 Å². The molecule has 64 valence electrons. The maximum atomic E-state index is 2.43. The third-order valence-corrected chi connectivity index (χ3v) is 2.88. The fraction of sp³-hybridized carbons (Fsp3) is 0.818. The summed E-state index contributed by atoms with van der Waals surface area (Å²) in [4.78, 5) is 0. The average Bonchev–Trinajstić information content (AvgIpc) is 2.05. The Morgan fingerprint density at radius 1 is 1.27 bits per heavy atom. The Bertz CT molecular complexity index is 133. The largest absolute Gasteiger partial charge is 0.0851 e. The zero-order valence-corrected chi connectivity index (χ0v) is 8.01. The third-order valence-electron chi connectivity index (χ3n) is 2.88. The van der Waals surface area contributed by atoms with Crippen molar-refractivity contribution in [1.82, 2.24) is 0 Å². The summed E-state index contributed by atoms with van der Waals surface area (Å²) in [6.07, 6.45) is 9.00. The highest BCUT2D eigenvalue weighted by atomic mass is 14.2. The van der Waals surface area contributed by atoms with Crippen molar-refractivity contribution in [3.05, 3.63) is 12.2 Å². The summed E-state index contributed by atoms with van der Waals surface area (Å²) < 4.78 is 0. The van der Waals surface area contributed by atoms with E-state index in [2.05, 4.69) is 32.9 Å². The highest BCUT2D eigenvalue weighted by molar-refractivity contribution is 4.98. The molecular weight excluding hydrogens is 132 g/mol. The molecule has 2 unspecified atom stereocenters. The van der Waals surface area contributed by atoms with E-state index in [0.29, 0.717) is 0 Å². The molecule has 0 bridgehead atoms. The normalized spacial score (nSPS) is 31.3. The highest BCUT2D eigenvalue weighted by Gasteiger charge is 2.16. The average molecular weight is 152 g/mol. The van der Waals surface area contributed by atoms with Crippen LogP contribution in [0, 0.1) is 17.8 Å². The van der Waals surface area contributed by atoms with Crippen LogP contribution < -0.4 is 0 Å². The molecular formula is C11H20. The monoisotopic (exact) mass is 152 g/mol. The van der Waals surface area contributed by atoms with Gasteiger partial charge in [-0.15, -0.1) is 0 Å². The van der Waals surface area contributed by atoms with E-state index in [0.717, 1.165) is 17.8 Å². The lowest BCUT2D eigenvalue weighted by Crippen LogP contribution is -2.12. The lowest BCUT2D eigenvalue weighted by Gasteiger charge is -2.24. The molecule has 0 amide bonds. The van der Waals surface area contributed by atoms with Gasteiger partial charge in [0.25, 0.3) is 0 Å². The van der Waals surface area contributed by atoms with E-state index in [9.17, 15) is 0 Å². The van der Waals surface area contributed by atoms with Crippen LogP contribution in [-0.4, -0.2) is 0 Å². The predicted molar refractivity (Wildman–Crippen MR) is 50.5 cm³/mol. The molecule has 0 spiro atoms. The molecule has 0 heterocycles. The quantitative estimate of drug-likeness (QED) is 0.530. The van der Waals surface area contributed by atoms with Crippen molar-refractivity contribution in [1.29, 1.82) is 0 Å². The van der Waals surface area contributed by atoms with E-state index < -0.39 is 0 Å². The smallest absolute Gasteiger partial charge is 0.0210 e. The van der Waals surface area contributed by atoms with Gasteiger partial charge in [-0.3, -0.25) is 0 Å². The number of hydrogen-bond donors (Lipinski definition) is 0. The zero-order chi connectivity index (χ0) is 8.27. The van der Waals surface area contributed by atoms with Crippen LogP contribution in [0.1, 0.15) is 40.0 Å². The standard InChI is InChI=1S/C11H20/c1-4-10-5-7-11(8-6-10)9(2)3/h5,7,9-11H,4,6,8H2,1-3H3. The molecule has 0 saturated heterocycles. The Balaban J connectivity index is 2.42. The summed E-state index contributed by atoms with van der Waals surface area (Å²) in [6, 6.07) is 0. The van der Waals surface area contributed by atoms with Crippen LogP contribution in [0.5, 0.6) is 0 Å². The minimum Gasteiger partial charge on any atom is -0.0851 e. The van der Waals surface area contributed by atoms with E-state index in [4.69, 9.17) is 0 Å². The summed E-state index contributed by atoms with van der Waals surface area (Å²) in [5, 5.41) is 0. The maximum absolute atomic E-state index is 2.43. The summed E-state index contributed by atoms with van der Waals surface area (Å²) in [7, 11) is 0. The fourth-order valence-electron chi connectivity index (χ4n) is 1.79. The van der Waals surface area contributed by atoms with Gasteiger partial charge >= 0.3 is 0 Å². The Morgan fingerprint density at radius 3 is 2.36 bits per heavy atom. The molecule has 0 radical (unpaired) electrons. The summed E-state index contributed by atoms with van der Waals surface area (Å²) >= 11 is 0.